The summed E-state index contributed by atoms with van der Waals surface area (Å²) < 4.78 is 1.10. The van der Waals surface area contributed by atoms with Crippen molar-refractivity contribution in [3.8, 4) is 0 Å². The maximum Gasteiger partial charge on any atom is 0.0488 e. The monoisotopic (exact) mass is 270 g/mol. The van der Waals surface area contributed by atoms with Gasteiger partial charge in [-0.25, -0.2) is 0 Å². The lowest BCUT2D eigenvalue weighted by molar-refractivity contribution is 0.381. The second-order valence-corrected chi connectivity index (χ2v) is 4.95. The molecule has 84 valence electrons. The van der Waals surface area contributed by atoms with E-state index in [0.717, 1.165) is 10.9 Å². The topological polar surface area (TPSA) is 38.0 Å². The Balaban J connectivity index is 3.05. The number of hydrogen-bond acceptors (Lipinski definition) is 2. The van der Waals surface area contributed by atoms with Crippen molar-refractivity contribution in [2.45, 2.75) is 33.2 Å². The van der Waals surface area contributed by atoms with E-state index in [2.05, 4.69) is 60.3 Å². The average Bonchev–Trinajstić information content (AvgIpc) is 2.23. The molecule has 1 rings (SSSR count). The zero-order chi connectivity index (χ0) is 11.4. The van der Waals surface area contributed by atoms with Crippen LogP contribution in [0.1, 0.15) is 37.4 Å². The van der Waals surface area contributed by atoms with Gasteiger partial charge in [0.2, 0.25) is 0 Å². The fourth-order valence-corrected chi connectivity index (χ4v) is 2.12. The number of hydrazine groups is 1. The minimum Gasteiger partial charge on any atom is -0.271 e. The maximum atomic E-state index is 5.63. The molecule has 15 heavy (non-hydrogen) atoms. The number of nitrogens with two attached hydrogens (primary N) is 1. The molecule has 2 atom stereocenters. The molecule has 2 unspecified atom stereocenters. The first kappa shape index (κ1) is 12.7. The van der Waals surface area contributed by atoms with Gasteiger partial charge in [0.25, 0.3) is 0 Å². The summed E-state index contributed by atoms with van der Waals surface area (Å²) in [5, 5.41) is 0. The molecule has 0 spiro atoms. The molecule has 3 heteroatoms. The summed E-state index contributed by atoms with van der Waals surface area (Å²) in [4.78, 5) is 0. The number of aryl methyl sites for hydroxylation is 1. The molecule has 3 N–H and O–H groups in total. The van der Waals surface area contributed by atoms with Crippen LogP contribution >= 0.6 is 15.9 Å². The number of nitrogens with one attached hydrogen (secondary N) is 1. The van der Waals surface area contributed by atoms with Gasteiger partial charge in [-0.05, 0) is 36.1 Å². The zero-order valence-corrected chi connectivity index (χ0v) is 11.1. The predicted octanol–water partition coefficient (Wildman–Crippen LogP) is 3.31. The molecular formula is C12H19BrN2. The van der Waals surface area contributed by atoms with Crippen molar-refractivity contribution >= 4 is 15.9 Å². The van der Waals surface area contributed by atoms with Crippen LogP contribution in [-0.4, -0.2) is 0 Å². The van der Waals surface area contributed by atoms with Gasteiger partial charge in [0.15, 0.2) is 0 Å². The van der Waals surface area contributed by atoms with Crippen LogP contribution in [0.3, 0.4) is 0 Å². The Morgan fingerprint density at radius 3 is 2.67 bits per heavy atom. The van der Waals surface area contributed by atoms with E-state index >= 15 is 0 Å². The van der Waals surface area contributed by atoms with Crippen LogP contribution in [0.5, 0.6) is 0 Å². The fourth-order valence-electron chi connectivity index (χ4n) is 1.74. The van der Waals surface area contributed by atoms with Crippen molar-refractivity contribution in [3.05, 3.63) is 33.8 Å². The minimum atomic E-state index is 0.229. The number of benzene rings is 1. The predicted molar refractivity (Wildman–Crippen MR) is 68.4 cm³/mol. The minimum absolute atomic E-state index is 0.229. The molecule has 0 aliphatic rings. The number of hydrogen-bond donors (Lipinski definition) is 2. The third-order valence-electron chi connectivity index (χ3n) is 2.97. The first-order valence-corrected chi connectivity index (χ1v) is 6.11. The third-order valence-corrected chi connectivity index (χ3v) is 3.46. The second kappa shape index (κ2) is 5.64. The van der Waals surface area contributed by atoms with E-state index in [4.69, 9.17) is 5.84 Å². The average molecular weight is 271 g/mol. The van der Waals surface area contributed by atoms with Gasteiger partial charge < -0.3 is 0 Å². The molecule has 0 radical (unpaired) electrons. The quantitative estimate of drug-likeness (QED) is 0.651. The molecule has 0 heterocycles. The normalized spacial score (nSPS) is 15.0. The van der Waals surface area contributed by atoms with Gasteiger partial charge in [-0.1, -0.05) is 42.3 Å². The Hall–Kier alpha value is -0.380. The summed E-state index contributed by atoms with van der Waals surface area (Å²) in [7, 11) is 0. The molecule has 0 saturated carbocycles. The van der Waals surface area contributed by atoms with E-state index in [1.165, 1.54) is 11.1 Å². The Morgan fingerprint density at radius 1 is 1.47 bits per heavy atom. The van der Waals surface area contributed by atoms with Crippen molar-refractivity contribution in [1.29, 1.82) is 0 Å². The van der Waals surface area contributed by atoms with Crippen LogP contribution in [0.15, 0.2) is 22.7 Å². The molecule has 0 fully saturated rings. The van der Waals surface area contributed by atoms with Gasteiger partial charge in [0, 0.05) is 10.5 Å². The summed E-state index contributed by atoms with van der Waals surface area (Å²) in [5.41, 5.74) is 5.47. The summed E-state index contributed by atoms with van der Waals surface area (Å²) in [6.07, 6.45) is 1.11. The molecule has 0 bridgehead atoms. The van der Waals surface area contributed by atoms with Crippen LogP contribution in [0.25, 0.3) is 0 Å². The third kappa shape index (κ3) is 3.03. The van der Waals surface area contributed by atoms with Gasteiger partial charge in [0.1, 0.15) is 0 Å². The Morgan fingerprint density at radius 2 is 2.13 bits per heavy atom. The molecule has 1 aromatic rings. The summed E-state index contributed by atoms with van der Waals surface area (Å²) in [6.45, 7) is 6.52. The highest BCUT2D eigenvalue weighted by Crippen LogP contribution is 2.28. The Labute approximate surface area is 100 Å². The van der Waals surface area contributed by atoms with Crippen molar-refractivity contribution < 1.29 is 0 Å². The summed E-state index contributed by atoms with van der Waals surface area (Å²) in [5.74, 6) is 6.17. The lowest BCUT2D eigenvalue weighted by atomic mass is 9.90. The van der Waals surface area contributed by atoms with Crippen LogP contribution in [-0.2, 0) is 0 Å². The molecule has 0 amide bonds. The van der Waals surface area contributed by atoms with E-state index in [1.54, 1.807) is 0 Å². The number of halogens is 1. The highest BCUT2D eigenvalue weighted by atomic mass is 79.9. The van der Waals surface area contributed by atoms with Crippen LogP contribution in [0.2, 0.25) is 0 Å². The van der Waals surface area contributed by atoms with E-state index in [9.17, 15) is 0 Å². The van der Waals surface area contributed by atoms with E-state index < -0.39 is 0 Å². The Bertz CT molecular complexity index is 325. The largest absolute Gasteiger partial charge is 0.271 e. The van der Waals surface area contributed by atoms with Gasteiger partial charge in [-0.3, -0.25) is 11.3 Å². The zero-order valence-electron chi connectivity index (χ0n) is 9.55. The van der Waals surface area contributed by atoms with Crippen molar-refractivity contribution in [2.75, 3.05) is 0 Å². The van der Waals surface area contributed by atoms with Crippen molar-refractivity contribution in [2.24, 2.45) is 11.8 Å². The van der Waals surface area contributed by atoms with Crippen LogP contribution < -0.4 is 11.3 Å². The van der Waals surface area contributed by atoms with Crippen LogP contribution in [0.4, 0.5) is 0 Å². The number of rotatable bonds is 4. The van der Waals surface area contributed by atoms with E-state index in [-0.39, 0.29) is 6.04 Å². The Kier molecular flexibility index (Phi) is 4.77. The van der Waals surface area contributed by atoms with E-state index in [0.29, 0.717) is 5.92 Å². The van der Waals surface area contributed by atoms with Gasteiger partial charge >= 0.3 is 0 Å². The summed E-state index contributed by atoms with van der Waals surface area (Å²) in [6, 6.07) is 6.55. The molecule has 0 saturated heterocycles. The first-order valence-electron chi connectivity index (χ1n) is 5.32. The first-order chi connectivity index (χ1) is 7.10. The van der Waals surface area contributed by atoms with Gasteiger partial charge in [-0.15, -0.1) is 0 Å². The van der Waals surface area contributed by atoms with Crippen molar-refractivity contribution in [3.63, 3.8) is 0 Å². The lowest BCUT2D eigenvalue weighted by Gasteiger charge is -2.24. The van der Waals surface area contributed by atoms with Gasteiger partial charge in [0.05, 0.1) is 0 Å². The highest BCUT2D eigenvalue weighted by molar-refractivity contribution is 9.10. The van der Waals surface area contributed by atoms with Gasteiger partial charge in [-0.2, -0.15) is 0 Å². The molecule has 0 aliphatic carbocycles. The fraction of sp³-hybridized carbons (Fsp3) is 0.500. The summed E-state index contributed by atoms with van der Waals surface area (Å²) >= 11 is 3.50. The molecule has 1 aromatic carbocycles. The SMILES string of the molecule is CCC(C)C(NN)c1cc(Br)ccc1C. The smallest absolute Gasteiger partial charge is 0.0488 e. The lowest BCUT2D eigenvalue weighted by Crippen LogP contribution is -2.32. The molecular weight excluding hydrogens is 252 g/mol. The molecule has 0 aromatic heterocycles. The van der Waals surface area contributed by atoms with Crippen LogP contribution in [0, 0.1) is 12.8 Å². The second-order valence-electron chi connectivity index (χ2n) is 4.03. The highest BCUT2D eigenvalue weighted by Gasteiger charge is 2.18. The van der Waals surface area contributed by atoms with E-state index in [1.807, 2.05) is 0 Å². The molecule has 2 nitrogen and oxygen atoms in total. The maximum absolute atomic E-state index is 5.63. The standard InChI is InChI=1S/C12H19BrN2/c1-4-8(2)12(15-14)11-7-10(13)6-5-9(11)3/h5-8,12,15H,4,14H2,1-3H3. The van der Waals surface area contributed by atoms with Crippen molar-refractivity contribution in [1.82, 2.24) is 5.43 Å². The molecule has 0 aliphatic heterocycles.